The normalized spacial score (nSPS) is 18.3. The van der Waals surface area contributed by atoms with Gasteiger partial charge in [-0.2, -0.15) is 0 Å². The van der Waals surface area contributed by atoms with Crippen molar-refractivity contribution in [2.75, 3.05) is 39.8 Å². The van der Waals surface area contributed by atoms with Crippen LogP contribution in [0.5, 0.6) is 5.75 Å². The number of nitrogens with zero attached hydrogens (tertiary/aromatic N) is 1. The Morgan fingerprint density at radius 3 is 2.95 bits per heavy atom. The first-order chi connectivity index (χ1) is 9.78. The first-order valence-electron chi connectivity index (χ1n) is 6.95. The van der Waals surface area contributed by atoms with E-state index in [1.807, 2.05) is 24.3 Å². The van der Waals surface area contributed by atoms with Crippen LogP contribution in [0.4, 0.5) is 0 Å². The first-order valence-corrected chi connectivity index (χ1v) is 6.95. The zero-order valence-electron chi connectivity index (χ0n) is 11.6. The number of ether oxygens (including phenoxy) is 1. The lowest BCUT2D eigenvalue weighted by atomic mass is 10.2. The van der Waals surface area contributed by atoms with Gasteiger partial charge in [-0.1, -0.05) is 12.1 Å². The van der Waals surface area contributed by atoms with Crippen LogP contribution in [0, 0.1) is 0 Å². The van der Waals surface area contributed by atoms with Crippen molar-refractivity contribution < 1.29 is 14.3 Å². The lowest BCUT2D eigenvalue weighted by Gasteiger charge is -2.28. The number of hydrogen-bond donors (Lipinski definition) is 2. The van der Waals surface area contributed by atoms with Gasteiger partial charge in [0.15, 0.2) is 11.3 Å². The van der Waals surface area contributed by atoms with Gasteiger partial charge < -0.3 is 19.6 Å². The number of furan rings is 1. The highest BCUT2D eigenvalue weighted by molar-refractivity contribution is 5.83. The third kappa shape index (κ3) is 2.65. The number of β-amino-alcohol motifs (C(OH)–C–C–N with tert-alkyl or cyclic N) is 1. The number of aliphatic hydroxyl groups is 1. The van der Waals surface area contributed by atoms with E-state index in [2.05, 4.69) is 10.2 Å². The number of methoxy groups -OCH3 is 1. The standard InChI is InChI=1S/C15H20N2O3/c1-19-13-4-2-3-11-9-14(20-15(11)13)12(18)10-17-7-5-16-6-8-17/h2-4,9,12,16,18H,5-8,10H2,1H3. The van der Waals surface area contributed by atoms with Crippen LogP contribution in [0.1, 0.15) is 11.9 Å². The number of rotatable bonds is 4. The number of hydrogen-bond acceptors (Lipinski definition) is 5. The quantitative estimate of drug-likeness (QED) is 0.883. The van der Waals surface area contributed by atoms with Gasteiger partial charge >= 0.3 is 0 Å². The fourth-order valence-electron chi connectivity index (χ4n) is 2.61. The maximum Gasteiger partial charge on any atom is 0.176 e. The molecular formula is C15H20N2O3. The van der Waals surface area contributed by atoms with Gasteiger partial charge in [0.05, 0.1) is 7.11 Å². The average molecular weight is 276 g/mol. The fraction of sp³-hybridized carbons (Fsp3) is 0.467. The van der Waals surface area contributed by atoms with Crippen LogP contribution in [-0.4, -0.2) is 49.8 Å². The summed E-state index contributed by atoms with van der Waals surface area (Å²) in [4.78, 5) is 2.24. The van der Waals surface area contributed by atoms with E-state index in [4.69, 9.17) is 9.15 Å². The highest BCUT2D eigenvalue weighted by atomic mass is 16.5. The summed E-state index contributed by atoms with van der Waals surface area (Å²) in [5.74, 6) is 1.30. The zero-order chi connectivity index (χ0) is 13.9. The molecule has 1 aromatic carbocycles. The molecule has 0 saturated carbocycles. The number of aliphatic hydroxyl groups excluding tert-OH is 1. The maximum atomic E-state index is 10.3. The Morgan fingerprint density at radius 2 is 2.20 bits per heavy atom. The van der Waals surface area contributed by atoms with Gasteiger partial charge in [0.2, 0.25) is 0 Å². The molecule has 0 spiro atoms. The van der Waals surface area contributed by atoms with Crippen molar-refractivity contribution in [2.24, 2.45) is 0 Å². The predicted molar refractivity (Wildman–Crippen MR) is 77.0 cm³/mol. The second-order valence-electron chi connectivity index (χ2n) is 5.09. The first kappa shape index (κ1) is 13.4. The van der Waals surface area contributed by atoms with E-state index in [0.717, 1.165) is 31.6 Å². The van der Waals surface area contributed by atoms with Gasteiger partial charge in [-0.15, -0.1) is 0 Å². The average Bonchev–Trinajstić information content (AvgIpc) is 2.92. The molecular weight excluding hydrogens is 256 g/mol. The van der Waals surface area contributed by atoms with E-state index < -0.39 is 6.10 Å². The van der Waals surface area contributed by atoms with Crippen LogP contribution in [-0.2, 0) is 0 Å². The van der Waals surface area contributed by atoms with Gasteiger partial charge in [-0.25, -0.2) is 0 Å². The number of piperazine rings is 1. The minimum Gasteiger partial charge on any atom is -0.493 e. The third-order valence-corrected chi connectivity index (χ3v) is 3.72. The Hall–Kier alpha value is -1.56. The molecule has 108 valence electrons. The van der Waals surface area contributed by atoms with Crippen LogP contribution in [0.2, 0.25) is 0 Å². The molecule has 1 aromatic heterocycles. The molecule has 20 heavy (non-hydrogen) atoms. The van der Waals surface area contributed by atoms with Crippen molar-refractivity contribution in [3.8, 4) is 5.75 Å². The van der Waals surface area contributed by atoms with E-state index in [-0.39, 0.29) is 0 Å². The third-order valence-electron chi connectivity index (χ3n) is 3.72. The van der Waals surface area contributed by atoms with Gasteiger partial charge in [0.1, 0.15) is 11.9 Å². The summed E-state index contributed by atoms with van der Waals surface area (Å²) in [5, 5.41) is 14.6. The van der Waals surface area contributed by atoms with Gasteiger partial charge in [-0.05, 0) is 12.1 Å². The highest BCUT2D eigenvalue weighted by Gasteiger charge is 2.19. The van der Waals surface area contributed by atoms with Crippen molar-refractivity contribution in [3.05, 3.63) is 30.0 Å². The summed E-state index contributed by atoms with van der Waals surface area (Å²) in [7, 11) is 1.62. The van der Waals surface area contributed by atoms with Gasteiger partial charge in [0, 0.05) is 38.1 Å². The number of fused-ring (bicyclic) bond motifs is 1. The lowest BCUT2D eigenvalue weighted by Crippen LogP contribution is -2.44. The minimum absolute atomic E-state index is 0.600. The molecule has 0 amide bonds. The summed E-state index contributed by atoms with van der Waals surface area (Å²) >= 11 is 0. The van der Waals surface area contributed by atoms with E-state index >= 15 is 0 Å². The smallest absolute Gasteiger partial charge is 0.176 e. The number of nitrogens with one attached hydrogen (secondary N) is 1. The molecule has 2 heterocycles. The minimum atomic E-state index is -0.606. The Morgan fingerprint density at radius 1 is 1.40 bits per heavy atom. The molecule has 1 aliphatic rings. The van der Waals surface area contributed by atoms with E-state index in [0.29, 0.717) is 23.6 Å². The zero-order valence-corrected chi connectivity index (χ0v) is 11.6. The molecule has 0 bridgehead atoms. The van der Waals surface area contributed by atoms with Crippen molar-refractivity contribution in [1.82, 2.24) is 10.2 Å². The second-order valence-corrected chi connectivity index (χ2v) is 5.09. The van der Waals surface area contributed by atoms with Crippen LogP contribution < -0.4 is 10.1 Å². The molecule has 3 rings (SSSR count). The molecule has 1 unspecified atom stereocenters. The summed E-state index contributed by atoms with van der Waals surface area (Å²) < 4.78 is 11.1. The summed E-state index contributed by atoms with van der Waals surface area (Å²) in [5.41, 5.74) is 0.698. The molecule has 1 saturated heterocycles. The van der Waals surface area contributed by atoms with Crippen molar-refractivity contribution in [1.29, 1.82) is 0 Å². The molecule has 1 atom stereocenters. The van der Waals surface area contributed by atoms with Crippen LogP contribution >= 0.6 is 0 Å². The molecule has 5 heteroatoms. The molecule has 5 nitrogen and oxygen atoms in total. The Kier molecular flexibility index (Phi) is 3.91. The van der Waals surface area contributed by atoms with E-state index in [1.54, 1.807) is 7.11 Å². The van der Waals surface area contributed by atoms with Crippen molar-refractivity contribution in [2.45, 2.75) is 6.10 Å². The Labute approximate surface area is 118 Å². The maximum absolute atomic E-state index is 10.3. The lowest BCUT2D eigenvalue weighted by molar-refractivity contribution is 0.0896. The predicted octanol–water partition coefficient (Wildman–Crippen LogP) is 1.38. The molecule has 0 radical (unpaired) electrons. The van der Waals surface area contributed by atoms with Crippen LogP contribution in [0.15, 0.2) is 28.7 Å². The largest absolute Gasteiger partial charge is 0.493 e. The monoisotopic (exact) mass is 276 g/mol. The van der Waals surface area contributed by atoms with E-state index in [1.165, 1.54) is 0 Å². The number of para-hydroxylation sites is 1. The molecule has 2 N–H and O–H groups in total. The van der Waals surface area contributed by atoms with Crippen molar-refractivity contribution in [3.63, 3.8) is 0 Å². The van der Waals surface area contributed by atoms with Crippen LogP contribution in [0.25, 0.3) is 11.0 Å². The molecule has 1 fully saturated rings. The van der Waals surface area contributed by atoms with Gasteiger partial charge in [0.25, 0.3) is 0 Å². The van der Waals surface area contributed by atoms with Crippen molar-refractivity contribution >= 4 is 11.0 Å². The fourth-order valence-corrected chi connectivity index (χ4v) is 2.61. The Bertz CT molecular complexity index is 576. The summed E-state index contributed by atoms with van der Waals surface area (Å²) in [6, 6.07) is 7.63. The second kappa shape index (κ2) is 5.83. The molecule has 2 aromatic rings. The Balaban J connectivity index is 1.78. The molecule has 1 aliphatic heterocycles. The number of benzene rings is 1. The SMILES string of the molecule is COc1cccc2cc(C(O)CN3CCNCC3)oc12. The topological polar surface area (TPSA) is 57.9 Å². The summed E-state index contributed by atoms with van der Waals surface area (Å²) in [6.45, 7) is 4.46. The summed E-state index contributed by atoms with van der Waals surface area (Å²) in [6.07, 6.45) is -0.606. The van der Waals surface area contributed by atoms with Crippen LogP contribution in [0.3, 0.4) is 0 Å². The van der Waals surface area contributed by atoms with E-state index in [9.17, 15) is 5.11 Å². The van der Waals surface area contributed by atoms with Gasteiger partial charge in [-0.3, -0.25) is 4.90 Å². The molecule has 0 aliphatic carbocycles. The highest BCUT2D eigenvalue weighted by Crippen LogP contribution is 2.31.